The van der Waals surface area contributed by atoms with Crippen LogP contribution in [-0.2, 0) is 6.42 Å². The molecule has 4 heteroatoms. The fourth-order valence-electron chi connectivity index (χ4n) is 1.72. The van der Waals surface area contributed by atoms with E-state index in [2.05, 4.69) is 35.5 Å². The average molecular weight is 282 g/mol. The predicted octanol–water partition coefficient (Wildman–Crippen LogP) is 3.24. The highest BCUT2D eigenvalue weighted by Crippen LogP contribution is 2.16. The van der Waals surface area contributed by atoms with Gasteiger partial charge in [-0.05, 0) is 37.8 Å². The van der Waals surface area contributed by atoms with Crippen LogP contribution in [0.25, 0.3) is 0 Å². The van der Waals surface area contributed by atoms with E-state index < -0.39 is 0 Å². The third-order valence-electron chi connectivity index (χ3n) is 3.09. The van der Waals surface area contributed by atoms with Gasteiger partial charge in [0.1, 0.15) is 0 Å². The van der Waals surface area contributed by atoms with Crippen molar-refractivity contribution in [2.24, 2.45) is 4.99 Å². The number of hydrogen-bond acceptors (Lipinski definition) is 1. The SMILES string of the molecule is CCC(C)NC(=NC)NCCCc1ccccc1Cl. The van der Waals surface area contributed by atoms with E-state index in [0.717, 1.165) is 36.8 Å². The van der Waals surface area contributed by atoms with Crippen molar-refractivity contribution in [2.45, 2.75) is 39.2 Å². The maximum atomic E-state index is 6.12. The van der Waals surface area contributed by atoms with Gasteiger partial charge in [-0.1, -0.05) is 36.7 Å². The highest BCUT2D eigenvalue weighted by molar-refractivity contribution is 6.31. The topological polar surface area (TPSA) is 36.4 Å². The molecule has 0 radical (unpaired) electrons. The first kappa shape index (κ1) is 15.8. The minimum Gasteiger partial charge on any atom is -0.356 e. The van der Waals surface area contributed by atoms with E-state index in [9.17, 15) is 0 Å². The van der Waals surface area contributed by atoms with Gasteiger partial charge in [0.2, 0.25) is 0 Å². The summed E-state index contributed by atoms with van der Waals surface area (Å²) >= 11 is 6.12. The Bertz CT molecular complexity index is 404. The normalized spacial score (nSPS) is 13.2. The van der Waals surface area contributed by atoms with Gasteiger partial charge in [0.05, 0.1) is 0 Å². The molecule has 1 aromatic carbocycles. The van der Waals surface area contributed by atoms with Crippen LogP contribution in [-0.4, -0.2) is 25.6 Å². The summed E-state index contributed by atoms with van der Waals surface area (Å²) in [6.07, 6.45) is 3.10. The Kier molecular flexibility index (Phi) is 7.34. The van der Waals surface area contributed by atoms with Gasteiger partial charge in [-0.15, -0.1) is 0 Å². The van der Waals surface area contributed by atoms with Gasteiger partial charge in [-0.25, -0.2) is 0 Å². The molecule has 0 aliphatic carbocycles. The number of nitrogens with one attached hydrogen (secondary N) is 2. The molecule has 0 aromatic heterocycles. The third-order valence-corrected chi connectivity index (χ3v) is 3.46. The molecule has 106 valence electrons. The second-order valence-corrected chi connectivity index (χ2v) is 5.05. The lowest BCUT2D eigenvalue weighted by Crippen LogP contribution is -2.42. The zero-order valence-electron chi connectivity index (χ0n) is 12.0. The van der Waals surface area contributed by atoms with Crippen LogP contribution in [0.1, 0.15) is 32.3 Å². The maximum Gasteiger partial charge on any atom is 0.191 e. The number of hydrogen-bond donors (Lipinski definition) is 2. The molecule has 19 heavy (non-hydrogen) atoms. The molecule has 3 nitrogen and oxygen atoms in total. The van der Waals surface area contributed by atoms with Crippen LogP contribution in [0.5, 0.6) is 0 Å². The first-order valence-corrected chi connectivity index (χ1v) is 7.25. The number of benzene rings is 1. The molecule has 1 atom stereocenters. The molecular formula is C15H24ClN3. The number of aryl methyl sites for hydroxylation is 1. The van der Waals surface area contributed by atoms with Gasteiger partial charge in [-0.3, -0.25) is 4.99 Å². The quantitative estimate of drug-likeness (QED) is 0.477. The zero-order chi connectivity index (χ0) is 14.1. The number of halogens is 1. The summed E-state index contributed by atoms with van der Waals surface area (Å²) in [5.74, 6) is 0.869. The van der Waals surface area contributed by atoms with Crippen molar-refractivity contribution in [3.63, 3.8) is 0 Å². The van der Waals surface area contributed by atoms with Gasteiger partial charge in [0, 0.05) is 24.7 Å². The van der Waals surface area contributed by atoms with E-state index in [0.29, 0.717) is 6.04 Å². The summed E-state index contributed by atoms with van der Waals surface area (Å²) in [5, 5.41) is 7.51. The fourth-order valence-corrected chi connectivity index (χ4v) is 1.95. The van der Waals surface area contributed by atoms with E-state index >= 15 is 0 Å². The lowest BCUT2D eigenvalue weighted by molar-refractivity contribution is 0.620. The van der Waals surface area contributed by atoms with E-state index in [1.54, 1.807) is 7.05 Å². The van der Waals surface area contributed by atoms with E-state index in [-0.39, 0.29) is 0 Å². The van der Waals surface area contributed by atoms with Crippen molar-refractivity contribution in [3.05, 3.63) is 34.9 Å². The maximum absolute atomic E-state index is 6.12. The van der Waals surface area contributed by atoms with Crippen molar-refractivity contribution in [1.82, 2.24) is 10.6 Å². The molecular weight excluding hydrogens is 258 g/mol. The second-order valence-electron chi connectivity index (χ2n) is 4.65. The number of nitrogens with zero attached hydrogens (tertiary/aromatic N) is 1. The van der Waals surface area contributed by atoms with Crippen LogP contribution in [0, 0.1) is 0 Å². The van der Waals surface area contributed by atoms with Gasteiger partial charge in [0.15, 0.2) is 5.96 Å². The molecule has 0 saturated carbocycles. The fraction of sp³-hybridized carbons (Fsp3) is 0.533. The van der Waals surface area contributed by atoms with Gasteiger partial charge >= 0.3 is 0 Å². The second kappa shape index (κ2) is 8.81. The summed E-state index contributed by atoms with van der Waals surface area (Å²) in [4.78, 5) is 4.21. The largest absolute Gasteiger partial charge is 0.356 e. The summed E-state index contributed by atoms with van der Waals surface area (Å²) in [5.41, 5.74) is 1.20. The first-order chi connectivity index (χ1) is 9.17. The van der Waals surface area contributed by atoms with Crippen molar-refractivity contribution in [3.8, 4) is 0 Å². The molecule has 0 heterocycles. The summed E-state index contributed by atoms with van der Waals surface area (Å²) in [7, 11) is 1.80. The molecule has 0 saturated heterocycles. The Hall–Kier alpha value is -1.22. The first-order valence-electron chi connectivity index (χ1n) is 6.88. The van der Waals surface area contributed by atoms with Crippen LogP contribution in [0.4, 0.5) is 0 Å². The van der Waals surface area contributed by atoms with Crippen LogP contribution < -0.4 is 10.6 Å². The summed E-state index contributed by atoms with van der Waals surface area (Å²) < 4.78 is 0. The lowest BCUT2D eigenvalue weighted by atomic mass is 10.1. The Morgan fingerprint density at radius 1 is 1.37 bits per heavy atom. The standard InChI is InChI=1S/C15H24ClN3/c1-4-12(2)19-15(17-3)18-11-7-9-13-8-5-6-10-14(13)16/h5-6,8,10,12H,4,7,9,11H2,1-3H3,(H2,17,18,19). The molecule has 0 aliphatic heterocycles. The summed E-state index contributed by atoms with van der Waals surface area (Å²) in [6.45, 7) is 5.19. The zero-order valence-corrected chi connectivity index (χ0v) is 12.8. The van der Waals surface area contributed by atoms with Crippen molar-refractivity contribution >= 4 is 17.6 Å². The molecule has 2 N–H and O–H groups in total. The van der Waals surface area contributed by atoms with E-state index in [1.165, 1.54) is 5.56 Å². The van der Waals surface area contributed by atoms with Crippen molar-refractivity contribution < 1.29 is 0 Å². The lowest BCUT2D eigenvalue weighted by Gasteiger charge is -2.16. The Morgan fingerprint density at radius 2 is 2.11 bits per heavy atom. The number of guanidine groups is 1. The minimum absolute atomic E-state index is 0.440. The molecule has 1 aromatic rings. The van der Waals surface area contributed by atoms with Crippen molar-refractivity contribution in [1.29, 1.82) is 0 Å². The number of rotatable bonds is 6. The summed E-state index contributed by atoms with van der Waals surface area (Å²) in [6, 6.07) is 8.44. The van der Waals surface area contributed by atoms with E-state index in [4.69, 9.17) is 11.6 Å². The molecule has 0 bridgehead atoms. The average Bonchev–Trinajstić information content (AvgIpc) is 2.43. The van der Waals surface area contributed by atoms with E-state index in [1.807, 2.05) is 18.2 Å². The van der Waals surface area contributed by atoms with Gasteiger partial charge < -0.3 is 10.6 Å². The minimum atomic E-state index is 0.440. The molecule has 1 unspecified atom stereocenters. The Morgan fingerprint density at radius 3 is 2.74 bits per heavy atom. The van der Waals surface area contributed by atoms with Crippen LogP contribution in [0.3, 0.4) is 0 Å². The Labute approximate surface area is 121 Å². The van der Waals surface area contributed by atoms with Crippen molar-refractivity contribution in [2.75, 3.05) is 13.6 Å². The monoisotopic (exact) mass is 281 g/mol. The Balaban J connectivity index is 2.28. The smallest absolute Gasteiger partial charge is 0.191 e. The number of aliphatic imine (C=N–C) groups is 1. The van der Waals surface area contributed by atoms with Crippen LogP contribution in [0.15, 0.2) is 29.3 Å². The molecule has 1 rings (SSSR count). The van der Waals surface area contributed by atoms with Crippen LogP contribution in [0.2, 0.25) is 5.02 Å². The predicted molar refractivity (Wildman–Crippen MR) is 84.0 cm³/mol. The molecule has 0 amide bonds. The van der Waals surface area contributed by atoms with Gasteiger partial charge in [0.25, 0.3) is 0 Å². The van der Waals surface area contributed by atoms with Crippen LogP contribution >= 0.6 is 11.6 Å². The molecule has 0 spiro atoms. The molecule has 0 aliphatic rings. The van der Waals surface area contributed by atoms with Gasteiger partial charge in [-0.2, -0.15) is 0 Å². The molecule has 0 fully saturated rings. The highest BCUT2D eigenvalue weighted by Gasteiger charge is 2.02. The third kappa shape index (κ3) is 5.97. The highest BCUT2D eigenvalue weighted by atomic mass is 35.5.